The molecule has 1 aromatic carbocycles. The van der Waals surface area contributed by atoms with Crippen molar-refractivity contribution >= 4 is 11.8 Å². The lowest BCUT2D eigenvalue weighted by molar-refractivity contribution is -0.136. The van der Waals surface area contributed by atoms with E-state index in [1.165, 1.54) is 0 Å². The zero-order chi connectivity index (χ0) is 15.1. The molecule has 1 aromatic rings. The van der Waals surface area contributed by atoms with Crippen molar-refractivity contribution in [1.29, 1.82) is 0 Å². The van der Waals surface area contributed by atoms with Gasteiger partial charge in [-0.3, -0.25) is 9.59 Å². The predicted molar refractivity (Wildman–Crippen MR) is 79.5 cm³/mol. The standard InChI is InChI=1S/C16H22N2O3/c1-14(19)18(13-15-5-3-2-4-6-15)8-7-16(20)17-9-11-21-12-10-17/h2-6H,7-13H2,1H3. The molecule has 1 fully saturated rings. The molecule has 5 nitrogen and oxygen atoms in total. The second-order valence-electron chi connectivity index (χ2n) is 5.17. The maximum absolute atomic E-state index is 12.1. The average molecular weight is 290 g/mol. The number of benzene rings is 1. The summed E-state index contributed by atoms with van der Waals surface area (Å²) >= 11 is 0. The van der Waals surface area contributed by atoms with Crippen molar-refractivity contribution in [2.75, 3.05) is 32.8 Å². The van der Waals surface area contributed by atoms with E-state index in [4.69, 9.17) is 4.74 Å². The first-order valence-corrected chi connectivity index (χ1v) is 7.32. The summed E-state index contributed by atoms with van der Waals surface area (Å²) in [6.07, 6.45) is 0.367. The fraction of sp³-hybridized carbons (Fsp3) is 0.500. The van der Waals surface area contributed by atoms with Gasteiger partial charge in [0.15, 0.2) is 0 Å². The topological polar surface area (TPSA) is 49.9 Å². The highest BCUT2D eigenvalue weighted by molar-refractivity contribution is 5.78. The Morgan fingerprint density at radius 2 is 1.86 bits per heavy atom. The van der Waals surface area contributed by atoms with Crippen LogP contribution in [0.4, 0.5) is 0 Å². The maximum atomic E-state index is 12.1. The zero-order valence-corrected chi connectivity index (χ0v) is 12.5. The molecular formula is C16H22N2O3. The second kappa shape index (κ2) is 7.78. The summed E-state index contributed by atoms with van der Waals surface area (Å²) in [6, 6.07) is 9.82. The molecule has 0 spiro atoms. The SMILES string of the molecule is CC(=O)N(CCC(=O)N1CCOCC1)Cc1ccccc1. The summed E-state index contributed by atoms with van der Waals surface area (Å²) in [4.78, 5) is 27.4. The molecule has 0 bridgehead atoms. The normalized spacial score (nSPS) is 14.8. The molecular weight excluding hydrogens is 268 g/mol. The fourth-order valence-electron chi connectivity index (χ4n) is 2.35. The summed E-state index contributed by atoms with van der Waals surface area (Å²) in [5, 5.41) is 0. The molecule has 2 rings (SSSR count). The lowest BCUT2D eigenvalue weighted by Crippen LogP contribution is -2.42. The van der Waals surface area contributed by atoms with E-state index < -0.39 is 0 Å². The Kier molecular flexibility index (Phi) is 5.75. The Balaban J connectivity index is 1.85. The predicted octanol–water partition coefficient (Wildman–Crippen LogP) is 1.28. The highest BCUT2D eigenvalue weighted by Gasteiger charge is 2.18. The molecule has 0 unspecified atom stereocenters. The number of carbonyl (C=O) groups excluding carboxylic acids is 2. The Morgan fingerprint density at radius 1 is 1.19 bits per heavy atom. The molecule has 0 aliphatic carbocycles. The van der Waals surface area contributed by atoms with Crippen LogP contribution in [0.3, 0.4) is 0 Å². The lowest BCUT2D eigenvalue weighted by Gasteiger charge is -2.28. The molecule has 0 aromatic heterocycles. The molecule has 0 atom stereocenters. The first kappa shape index (κ1) is 15.5. The second-order valence-corrected chi connectivity index (χ2v) is 5.17. The smallest absolute Gasteiger partial charge is 0.224 e. The largest absolute Gasteiger partial charge is 0.378 e. The molecule has 1 heterocycles. The van der Waals surface area contributed by atoms with E-state index >= 15 is 0 Å². The molecule has 0 N–H and O–H groups in total. The first-order valence-electron chi connectivity index (χ1n) is 7.32. The van der Waals surface area contributed by atoms with E-state index in [-0.39, 0.29) is 11.8 Å². The molecule has 2 amide bonds. The van der Waals surface area contributed by atoms with Crippen molar-refractivity contribution in [2.24, 2.45) is 0 Å². The van der Waals surface area contributed by atoms with Crippen LogP contribution in [-0.2, 0) is 20.9 Å². The highest BCUT2D eigenvalue weighted by Crippen LogP contribution is 2.07. The summed E-state index contributed by atoms with van der Waals surface area (Å²) < 4.78 is 5.23. The Hall–Kier alpha value is -1.88. The van der Waals surface area contributed by atoms with Crippen molar-refractivity contribution in [3.05, 3.63) is 35.9 Å². The van der Waals surface area contributed by atoms with Gasteiger partial charge in [0.2, 0.25) is 11.8 Å². The summed E-state index contributed by atoms with van der Waals surface area (Å²) in [6.45, 7) is 5.06. The van der Waals surface area contributed by atoms with Gasteiger partial charge in [-0.05, 0) is 5.56 Å². The van der Waals surface area contributed by atoms with Gasteiger partial charge in [-0.2, -0.15) is 0 Å². The number of nitrogens with zero attached hydrogens (tertiary/aromatic N) is 2. The van der Waals surface area contributed by atoms with E-state index in [0.717, 1.165) is 5.56 Å². The quantitative estimate of drug-likeness (QED) is 0.821. The van der Waals surface area contributed by atoms with Gasteiger partial charge in [0.1, 0.15) is 0 Å². The van der Waals surface area contributed by atoms with Crippen molar-refractivity contribution in [3.63, 3.8) is 0 Å². The minimum Gasteiger partial charge on any atom is -0.378 e. The number of ether oxygens (including phenoxy) is 1. The van der Waals surface area contributed by atoms with Gasteiger partial charge >= 0.3 is 0 Å². The lowest BCUT2D eigenvalue weighted by atomic mass is 10.2. The summed E-state index contributed by atoms with van der Waals surface area (Å²) in [7, 11) is 0. The third-order valence-corrected chi connectivity index (χ3v) is 3.62. The summed E-state index contributed by atoms with van der Waals surface area (Å²) in [5.74, 6) is 0.0891. The number of carbonyl (C=O) groups is 2. The monoisotopic (exact) mass is 290 g/mol. The number of morpholine rings is 1. The van der Waals surface area contributed by atoms with Crippen LogP contribution in [0.5, 0.6) is 0 Å². The van der Waals surface area contributed by atoms with Crippen LogP contribution in [0.2, 0.25) is 0 Å². The van der Waals surface area contributed by atoms with Crippen molar-refractivity contribution in [1.82, 2.24) is 9.80 Å². The van der Waals surface area contributed by atoms with Gasteiger partial charge in [-0.15, -0.1) is 0 Å². The third-order valence-electron chi connectivity index (χ3n) is 3.62. The maximum Gasteiger partial charge on any atom is 0.224 e. The Morgan fingerprint density at radius 3 is 2.48 bits per heavy atom. The van der Waals surface area contributed by atoms with E-state index in [1.54, 1.807) is 11.8 Å². The molecule has 0 radical (unpaired) electrons. The summed E-state index contributed by atoms with van der Waals surface area (Å²) in [5.41, 5.74) is 1.08. The van der Waals surface area contributed by atoms with Gasteiger partial charge in [0.05, 0.1) is 13.2 Å². The molecule has 1 aliphatic rings. The molecule has 1 aliphatic heterocycles. The van der Waals surface area contributed by atoms with Crippen LogP contribution in [0.25, 0.3) is 0 Å². The molecule has 114 valence electrons. The van der Waals surface area contributed by atoms with Gasteiger partial charge < -0.3 is 14.5 Å². The number of hydrogen-bond donors (Lipinski definition) is 0. The molecule has 0 saturated carbocycles. The average Bonchev–Trinajstić information content (AvgIpc) is 2.52. The Labute approximate surface area is 125 Å². The van der Waals surface area contributed by atoms with Gasteiger partial charge in [0.25, 0.3) is 0 Å². The van der Waals surface area contributed by atoms with Crippen molar-refractivity contribution in [3.8, 4) is 0 Å². The minimum atomic E-state index is -0.00590. The first-order chi connectivity index (χ1) is 10.2. The van der Waals surface area contributed by atoms with Crippen LogP contribution in [-0.4, -0.2) is 54.5 Å². The van der Waals surface area contributed by atoms with Crippen molar-refractivity contribution in [2.45, 2.75) is 19.9 Å². The van der Waals surface area contributed by atoms with Crippen LogP contribution >= 0.6 is 0 Å². The van der Waals surface area contributed by atoms with Crippen LogP contribution in [0.15, 0.2) is 30.3 Å². The number of rotatable bonds is 5. The number of hydrogen-bond acceptors (Lipinski definition) is 3. The Bertz CT molecular complexity index is 470. The molecule has 5 heteroatoms. The zero-order valence-electron chi connectivity index (χ0n) is 12.5. The third kappa shape index (κ3) is 4.86. The van der Waals surface area contributed by atoms with Gasteiger partial charge in [0, 0.05) is 39.5 Å². The molecule has 21 heavy (non-hydrogen) atoms. The van der Waals surface area contributed by atoms with E-state index in [9.17, 15) is 9.59 Å². The van der Waals surface area contributed by atoms with Gasteiger partial charge in [-0.1, -0.05) is 30.3 Å². The van der Waals surface area contributed by atoms with E-state index in [0.29, 0.717) is 45.8 Å². The van der Waals surface area contributed by atoms with Crippen molar-refractivity contribution < 1.29 is 14.3 Å². The fourth-order valence-corrected chi connectivity index (χ4v) is 2.35. The van der Waals surface area contributed by atoms with Crippen LogP contribution in [0.1, 0.15) is 18.9 Å². The highest BCUT2D eigenvalue weighted by atomic mass is 16.5. The minimum absolute atomic E-state index is 0.00590. The number of amides is 2. The molecule has 1 saturated heterocycles. The van der Waals surface area contributed by atoms with Gasteiger partial charge in [-0.25, -0.2) is 0 Å². The van der Waals surface area contributed by atoms with E-state index in [2.05, 4.69) is 0 Å². The van der Waals surface area contributed by atoms with E-state index in [1.807, 2.05) is 35.2 Å². The van der Waals surface area contributed by atoms with Crippen LogP contribution < -0.4 is 0 Å². The van der Waals surface area contributed by atoms with Crippen LogP contribution in [0, 0.1) is 0 Å².